The largest absolute Gasteiger partial charge is 0.326 e. The Labute approximate surface area is 125 Å². The maximum atomic E-state index is 14.4. The van der Waals surface area contributed by atoms with Gasteiger partial charge >= 0.3 is 0 Å². The molecular formula is C16H12FN5. The molecule has 1 aromatic carbocycles. The van der Waals surface area contributed by atoms with Gasteiger partial charge in [-0.15, -0.1) is 0 Å². The first-order valence-electron chi connectivity index (χ1n) is 6.81. The summed E-state index contributed by atoms with van der Waals surface area (Å²) in [5.74, 6) is 0.334. The van der Waals surface area contributed by atoms with Gasteiger partial charge in [0.1, 0.15) is 17.3 Å². The predicted molar refractivity (Wildman–Crippen MR) is 81.0 cm³/mol. The Balaban J connectivity index is 1.85. The van der Waals surface area contributed by atoms with Crippen molar-refractivity contribution in [3.8, 4) is 17.1 Å². The number of fused-ring (bicyclic) bond motifs is 1. The highest BCUT2D eigenvalue weighted by molar-refractivity contribution is 5.77. The molecule has 22 heavy (non-hydrogen) atoms. The molecule has 0 atom stereocenters. The van der Waals surface area contributed by atoms with Crippen LogP contribution in [0.3, 0.4) is 0 Å². The number of hydrogen-bond acceptors (Lipinski definition) is 3. The van der Waals surface area contributed by atoms with Crippen molar-refractivity contribution in [2.24, 2.45) is 7.05 Å². The van der Waals surface area contributed by atoms with Crippen LogP contribution in [-0.4, -0.2) is 24.3 Å². The first kappa shape index (κ1) is 12.7. The minimum atomic E-state index is -0.346. The molecule has 5 nitrogen and oxygen atoms in total. The van der Waals surface area contributed by atoms with E-state index in [4.69, 9.17) is 0 Å². The third-order valence-electron chi connectivity index (χ3n) is 3.61. The maximum absolute atomic E-state index is 14.4. The van der Waals surface area contributed by atoms with E-state index < -0.39 is 0 Å². The third kappa shape index (κ3) is 1.88. The van der Waals surface area contributed by atoms with Gasteiger partial charge in [0.15, 0.2) is 5.65 Å². The quantitative estimate of drug-likeness (QED) is 0.571. The van der Waals surface area contributed by atoms with Gasteiger partial charge < -0.3 is 4.57 Å². The van der Waals surface area contributed by atoms with E-state index in [0.29, 0.717) is 22.7 Å². The normalized spacial score (nSPS) is 11.2. The molecule has 6 heteroatoms. The van der Waals surface area contributed by atoms with Crippen LogP contribution in [0.1, 0.15) is 0 Å². The smallest absolute Gasteiger partial charge is 0.178 e. The molecule has 0 unspecified atom stereocenters. The molecule has 0 amide bonds. The lowest BCUT2D eigenvalue weighted by atomic mass is 10.2. The SMILES string of the molecule is Cn1c(-c2ccc(-n3cccn3)c(F)c2)nc2ncccc21. The number of rotatable bonds is 2. The van der Waals surface area contributed by atoms with Crippen molar-refractivity contribution in [1.29, 1.82) is 0 Å². The summed E-state index contributed by atoms with van der Waals surface area (Å²) < 4.78 is 17.8. The van der Waals surface area contributed by atoms with Crippen LogP contribution in [0, 0.1) is 5.82 Å². The highest BCUT2D eigenvalue weighted by Gasteiger charge is 2.13. The Morgan fingerprint density at radius 3 is 2.73 bits per heavy atom. The fourth-order valence-corrected chi connectivity index (χ4v) is 2.53. The molecule has 0 aliphatic carbocycles. The monoisotopic (exact) mass is 293 g/mol. The van der Waals surface area contributed by atoms with Gasteiger partial charge in [-0.1, -0.05) is 0 Å². The van der Waals surface area contributed by atoms with E-state index in [1.807, 2.05) is 29.8 Å². The molecule has 0 aliphatic rings. The standard InChI is InChI=1S/C16H12FN5/c1-21-14-4-2-7-18-15(14)20-16(21)11-5-6-13(12(17)10-11)22-9-3-8-19-22/h2-10H,1H3. The van der Waals surface area contributed by atoms with E-state index in [2.05, 4.69) is 15.1 Å². The summed E-state index contributed by atoms with van der Waals surface area (Å²) in [6.07, 6.45) is 5.02. The van der Waals surface area contributed by atoms with E-state index >= 15 is 0 Å². The number of hydrogen-bond donors (Lipinski definition) is 0. The van der Waals surface area contributed by atoms with Gasteiger partial charge in [-0.2, -0.15) is 5.10 Å². The molecular weight excluding hydrogens is 281 g/mol. The van der Waals surface area contributed by atoms with Gasteiger partial charge in [-0.25, -0.2) is 19.0 Å². The molecule has 3 heterocycles. The molecule has 3 aromatic heterocycles. The van der Waals surface area contributed by atoms with Crippen molar-refractivity contribution in [2.45, 2.75) is 0 Å². The van der Waals surface area contributed by atoms with Gasteiger partial charge in [0, 0.05) is 31.2 Å². The summed E-state index contributed by atoms with van der Waals surface area (Å²) in [4.78, 5) is 8.71. The van der Waals surface area contributed by atoms with Crippen molar-refractivity contribution in [3.63, 3.8) is 0 Å². The Kier molecular flexibility index (Phi) is 2.75. The molecule has 108 valence electrons. The molecule has 0 aliphatic heterocycles. The average Bonchev–Trinajstić information content (AvgIpc) is 3.16. The lowest BCUT2D eigenvalue weighted by molar-refractivity contribution is 0.611. The lowest BCUT2D eigenvalue weighted by Crippen LogP contribution is -1.99. The molecule has 0 saturated heterocycles. The van der Waals surface area contributed by atoms with Crippen LogP contribution in [0.2, 0.25) is 0 Å². The summed E-state index contributed by atoms with van der Waals surface area (Å²) in [5.41, 5.74) is 2.67. The Bertz CT molecular complexity index is 956. The topological polar surface area (TPSA) is 48.5 Å². The van der Waals surface area contributed by atoms with Crippen LogP contribution in [-0.2, 0) is 7.05 Å². The van der Waals surface area contributed by atoms with Crippen LogP contribution in [0.25, 0.3) is 28.2 Å². The minimum Gasteiger partial charge on any atom is -0.326 e. The summed E-state index contributed by atoms with van der Waals surface area (Å²) in [5, 5.41) is 4.05. The molecule has 0 N–H and O–H groups in total. The van der Waals surface area contributed by atoms with Crippen LogP contribution in [0.5, 0.6) is 0 Å². The number of pyridine rings is 1. The van der Waals surface area contributed by atoms with Crippen LogP contribution in [0.15, 0.2) is 55.0 Å². The van der Waals surface area contributed by atoms with Crippen molar-refractivity contribution in [2.75, 3.05) is 0 Å². The number of aromatic nitrogens is 5. The van der Waals surface area contributed by atoms with Gasteiger partial charge in [-0.05, 0) is 36.4 Å². The zero-order valence-corrected chi connectivity index (χ0v) is 11.8. The molecule has 4 aromatic rings. The highest BCUT2D eigenvalue weighted by Crippen LogP contribution is 2.25. The Morgan fingerprint density at radius 1 is 1.09 bits per heavy atom. The number of imidazole rings is 1. The number of halogens is 1. The number of benzene rings is 1. The second-order valence-electron chi connectivity index (χ2n) is 4.96. The summed E-state index contributed by atoms with van der Waals surface area (Å²) in [7, 11) is 1.89. The first-order valence-corrected chi connectivity index (χ1v) is 6.81. The number of nitrogens with zero attached hydrogens (tertiary/aromatic N) is 5. The second kappa shape index (κ2) is 4.77. The third-order valence-corrected chi connectivity index (χ3v) is 3.61. The predicted octanol–water partition coefficient (Wildman–Crippen LogP) is 2.96. The van der Waals surface area contributed by atoms with Crippen molar-refractivity contribution < 1.29 is 4.39 Å². The molecule has 0 saturated carbocycles. The molecule has 0 fully saturated rings. The van der Waals surface area contributed by atoms with Crippen molar-refractivity contribution in [1.82, 2.24) is 24.3 Å². The summed E-state index contributed by atoms with van der Waals surface area (Å²) in [6.45, 7) is 0. The van der Waals surface area contributed by atoms with Crippen molar-refractivity contribution >= 4 is 11.2 Å². The zero-order valence-electron chi connectivity index (χ0n) is 11.8. The average molecular weight is 293 g/mol. The van der Waals surface area contributed by atoms with E-state index in [1.165, 1.54) is 10.7 Å². The van der Waals surface area contributed by atoms with Crippen molar-refractivity contribution in [3.05, 3.63) is 60.8 Å². The van der Waals surface area contributed by atoms with E-state index in [9.17, 15) is 4.39 Å². The second-order valence-corrected chi connectivity index (χ2v) is 4.96. The molecule has 0 bridgehead atoms. The van der Waals surface area contributed by atoms with Gasteiger partial charge in [0.25, 0.3) is 0 Å². The van der Waals surface area contributed by atoms with E-state index in [-0.39, 0.29) is 5.82 Å². The Hall–Kier alpha value is -3.02. The summed E-state index contributed by atoms with van der Waals surface area (Å²) >= 11 is 0. The fraction of sp³-hybridized carbons (Fsp3) is 0.0625. The maximum Gasteiger partial charge on any atom is 0.178 e. The van der Waals surface area contributed by atoms with Gasteiger partial charge in [-0.3, -0.25) is 0 Å². The van der Waals surface area contributed by atoms with E-state index in [1.54, 1.807) is 30.7 Å². The van der Waals surface area contributed by atoms with Crippen LogP contribution < -0.4 is 0 Å². The lowest BCUT2D eigenvalue weighted by Gasteiger charge is -2.06. The fourth-order valence-electron chi connectivity index (χ4n) is 2.53. The number of aryl methyl sites for hydroxylation is 1. The van der Waals surface area contributed by atoms with Crippen LogP contribution in [0.4, 0.5) is 4.39 Å². The van der Waals surface area contributed by atoms with Crippen LogP contribution >= 0.6 is 0 Å². The van der Waals surface area contributed by atoms with Gasteiger partial charge in [0.05, 0.1) is 5.52 Å². The minimum absolute atomic E-state index is 0.346. The first-order chi connectivity index (χ1) is 10.7. The molecule has 0 radical (unpaired) electrons. The van der Waals surface area contributed by atoms with E-state index in [0.717, 1.165) is 5.52 Å². The highest BCUT2D eigenvalue weighted by atomic mass is 19.1. The molecule has 4 rings (SSSR count). The van der Waals surface area contributed by atoms with Gasteiger partial charge in [0.2, 0.25) is 0 Å². The molecule has 0 spiro atoms. The zero-order chi connectivity index (χ0) is 15.1. The summed E-state index contributed by atoms with van der Waals surface area (Å²) in [6, 6.07) is 10.6. The Morgan fingerprint density at radius 2 is 2.00 bits per heavy atom.